The number of hydrogen-bond donors (Lipinski definition) is 0. The molecule has 0 bridgehead atoms. The Morgan fingerprint density at radius 3 is 2.92 bits per heavy atom. The molecule has 0 saturated carbocycles. The van der Waals surface area contributed by atoms with E-state index in [-0.39, 0.29) is 0 Å². The first-order valence-corrected chi connectivity index (χ1v) is 9.45. The molecule has 1 aliphatic rings. The van der Waals surface area contributed by atoms with Crippen LogP contribution in [0.5, 0.6) is 5.75 Å². The van der Waals surface area contributed by atoms with E-state index in [1.807, 2.05) is 24.4 Å². The Kier molecular flexibility index (Phi) is 4.89. The molecule has 1 atom stereocenters. The molecule has 0 aliphatic carbocycles. The molecule has 1 aromatic carbocycles. The molecule has 26 heavy (non-hydrogen) atoms. The van der Waals surface area contributed by atoms with Crippen LogP contribution in [0.15, 0.2) is 42.6 Å². The van der Waals surface area contributed by atoms with Gasteiger partial charge in [0, 0.05) is 37.3 Å². The first-order chi connectivity index (χ1) is 12.8. The van der Waals surface area contributed by atoms with Crippen LogP contribution < -0.4 is 4.74 Å². The van der Waals surface area contributed by atoms with Gasteiger partial charge in [-0.1, -0.05) is 25.1 Å². The van der Waals surface area contributed by atoms with Crippen molar-refractivity contribution in [2.24, 2.45) is 0 Å². The van der Waals surface area contributed by atoms with Crippen molar-refractivity contribution in [2.45, 2.75) is 38.8 Å². The van der Waals surface area contributed by atoms with Gasteiger partial charge in [-0.15, -0.1) is 0 Å². The Balaban J connectivity index is 1.55. The lowest BCUT2D eigenvalue weighted by Crippen LogP contribution is -2.21. The molecule has 0 N–H and O–H groups in total. The number of aromatic nitrogens is 3. The predicted octanol–water partition coefficient (Wildman–Crippen LogP) is 3.84. The number of benzene rings is 1. The van der Waals surface area contributed by atoms with Crippen molar-refractivity contribution in [3.63, 3.8) is 0 Å². The Hall–Kier alpha value is -2.40. The lowest BCUT2D eigenvalue weighted by molar-refractivity contribution is 0.315. The van der Waals surface area contributed by atoms with Gasteiger partial charge >= 0.3 is 0 Å². The van der Waals surface area contributed by atoms with Crippen LogP contribution in [0.3, 0.4) is 0 Å². The van der Waals surface area contributed by atoms with Gasteiger partial charge in [0.2, 0.25) is 0 Å². The lowest BCUT2D eigenvalue weighted by atomic mass is 10.1. The maximum Gasteiger partial charge on any atom is 0.159 e. The second-order valence-electron chi connectivity index (χ2n) is 7.00. The van der Waals surface area contributed by atoms with Crippen LogP contribution in [0, 0.1) is 0 Å². The Morgan fingerprint density at radius 1 is 1.19 bits per heavy atom. The highest BCUT2D eigenvalue weighted by molar-refractivity contribution is 5.71. The number of para-hydroxylation sites is 1. The van der Waals surface area contributed by atoms with Crippen molar-refractivity contribution in [3.8, 4) is 5.75 Å². The number of rotatable bonds is 6. The summed E-state index contributed by atoms with van der Waals surface area (Å²) in [6.45, 7) is 6.23. The maximum absolute atomic E-state index is 5.51. The van der Waals surface area contributed by atoms with E-state index in [1.165, 1.54) is 11.4 Å². The van der Waals surface area contributed by atoms with E-state index in [4.69, 9.17) is 9.72 Å². The zero-order valence-electron chi connectivity index (χ0n) is 15.6. The maximum atomic E-state index is 5.51. The topological polar surface area (TPSA) is 43.2 Å². The predicted molar refractivity (Wildman–Crippen MR) is 103 cm³/mol. The van der Waals surface area contributed by atoms with Crippen molar-refractivity contribution >= 4 is 11.2 Å². The largest absolute Gasteiger partial charge is 0.496 e. The minimum absolute atomic E-state index is 0.463. The normalized spacial score (nSPS) is 17.8. The molecule has 1 unspecified atom stereocenters. The molecular formula is C21H26N4O. The smallest absolute Gasteiger partial charge is 0.159 e. The van der Waals surface area contributed by atoms with E-state index >= 15 is 0 Å². The molecule has 2 aromatic heterocycles. The van der Waals surface area contributed by atoms with Crippen LogP contribution >= 0.6 is 0 Å². The minimum Gasteiger partial charge on any atom is -0.496 e. The van der Waals surface area contributed by atoms with Crippen LogP contribution in [-0.2, 0) is 13.1 Å². The van der Waals surface area contributed by atoms with Gasteiger partial charge in [0.1, 0.15) is 17.1 Å². The van der Waals surface area contributed by atoms with Crippen molar-refractivity contribution in [3.05, 3.63) is 54.0 Å². The number of methoxy groups -OCH3 is 1. The highest BCUT2D eigenvalue weighted by Crippen LogP contribution is 2.31. The summed E-state index contributed by atoms with van der Waals surface area (Å²) in [7, 11) is 1.74. The third-order valence-electron chi connectivity index (χ3n) is 5.20. The van der Waals surface area contributed by atoms with E-state index in [1.54, 1.807) is 7.11 Å². The second kappa shape index (κ2) is 7.46. The molecule has 0 radical (unpaired) electrons. The van der Waals surface area contributed by atoms with Crippen molar-refractivity contribution < 1.29 is 4.74 Å². The standard InChI is InChI=1S/C21H26N4O/c1-3-12-25-20(23-18-8-6-11-22-21(18)25)17-10-13-24(15-17)14-16-7-4-5-9-19(16)26-2/h4-9,11,17H,3,10,12-15H2,1-2H3. The van der Waals surface area contributed by atoms with Crippen LogP contribution in [0.25, 0.3) is 11.2 Å². The summed E-state index contributed by atoms with van der Waals surface area (Å²) in [6.07, 6.45) is 4.09. The van der Waals surface area contributed by atoms with E-state index < -0.39 is 0 Å². The van der Waals surface area contributed by atoms with Crippen LogP contribution in [-0.4, -0.2) is 39.6 Å². The first-order valence-electron chi connectivity index (χ1n) is 9.45. The van der Waals surface area contributed by atoms with E-state index in [9.17, 15) is 0 Å². The van der Waals surface area contributed by atoms with Gasteiger partial charge in [0.25, 0.3) is 0 Å². The summed E-state index contributed by atoms with van der Waals surface area (Å²) in [5, 5.41) is 0. The van der Waals surface area contributed by atoms with Gasteiger partial charge < -0.3 is 9.30 Å². The number of ether oxygens (including phenoxy) is 1. The number of likely N-dealkylation sites (tertiary alicyclic amines) is 1. The fourth-order valence-electron chi connectivity index (χ4n) is 3.99. The number of imidazole rings is 1. The van der Waals surface area contributed by atoms with Gasteiger partial charge in [-0.3, -0.25) is 4.90 Å². The van der Waals surface area contributed by atoms with E-state index in [0.29, 0.717) is 5.92 Å². The zero-order chi connectivity index (χ0) is 17.9. The quantitative estimate of drug-likeness (QED) is 0.677. The summed E-state index contributed by atoms with van der Waals surface area (Å²) in [6, 6.07) is 12.3. The summed E-state index contributed by atoms with van der Waals surface area (Å²) in [5.41, 5.74) is 3.28. The number of nitrogens with zero attached hydrogens (tertiary/aromatic N) is 4. The van der Waals surface area contributed by atoms with Gasteiger partial charge in [-0.2, -0.15) is 0 Å². The summed E-state index contributed by atoms with van der Waals surface area (Å²) >= 11 is 0. The summed E-state index contributed by atoms with van der Waals surface area (Å²) in [5.74, 6) is 2.63. The van der Waals surface area contributed by atoms with E-state index in [2.05, 4.69) is 39.6 Å². The van der Waals surface area contributed by atoms with Gasteiger partial charge in [-0.25, -0.2) is 9.97 Å². The molecule has 0 amide bonds. The fraction of sp³-hybridized carbons (Fsp3) is 0.429. The Morgan fingerprint density at radius 2 is 2.08 bits per heavy atom. The van der Waals surface area contributed by atoms with Crippen molar-refractivity contribution in [1.29, 1.82) is 0 Å². The van der Waals surface area contributed by atoms with Crippen molar-refractivity contribution in [1.82, 2.24) is 19.4 Å². The zero-order valence-corrected chi connectivity index (χ0v) is 15.6. The first kappa shape index (κ1) is 17.0. The molecule has 1 fully saturated rings. The Labute approximate surface area is 154 Å². The van der Waals surface area contributed by atoms with Crippen LogP contribution in [0.2, 0.25) is 0 Å². The molecule has 136 valence electrons. The monoisotopic (exact) mass is 350 g/mol. The van der Waals surface area contributed by atoms with Gasteiger partial charge in [0.05, 0.1) is 7.11 Å². The summed E-state index contributed by atoms with van der Waals surface area (Å²) < 4.78 is 7.83. The number of pyridine rings is 1. The average molecular weight is 350 g/mol. The van der Waals surface area contributed by atoms with Crippen LogP contribution in [0.4, 0.5) is 0 Å². The molecule has 4 rings (SSSR count). The average Bonchev–Trinajstić information content (AvgIpc) is 3.27. The molecule has 1 saturated heterocycles. The van der Waals surface area contributed by atoms with Crippen LogP contribution in [0.1, 0.15) is 37.1 Å². The second-order valence-corrected chi connectivity index (χ2v) is 7.00. The highest BCUT2D eigenvalue weighted by Gasteiger charge is 2.29. The third-order valence-corrected chi connectivity index (χ3v) is 5.20. The fourth-order valence-corrected chi connectivity index (χ4v) is 3.99. The summed E-state index contributed by atoms with van der Waals surface area (Å²) in [4.78, 5) is 12.0. The highest BCUT2D eigenvalue weighted by atomic mass is 16.5. The molecule has 5 nitrogen and oxygen atoms in total. The molecule has 1 aliphatic heterocycles. The molecule has 3 heterocycles. The third kappa shape index (κ3) is 3.19. The number of hydrogen-bond acceptors (Lipinski definition) is 4. The molecule has 3 aromatic rings. The number of aryl methyl sites for hydroxylation is 1. The lowest BCUT2D eigenvalue weighted by Gasteiger charge is -2.18. The van der Waals surface area contributed by atoms with E-state index in [0.717, 1.165) is 55.9 Å². The molecular weight excluding hydrogens is 324 g/mol. The number of fused-ring (bicyclic) bond motifs is 1. The Bertz CT molecular complexity index is 889. The van der Waals surface area contributed by atoms with Gasteiger partial charge in [0.15, 0.2) is 5.65 Å². The molecule has 0 spiro atoms. The molecule has 5 heteroatoms. The minimum atomic E-state index is 0.463. The van der Waals surface area contributed by atoms with Crippen molar-refractivity contribution in [2.75, 3.05) is 20.2 Å². The van der Waals surface area contributed by atoms with Gasteiger partial charge in [-0.05, 0) is 37.6 Å². The SMILES string of the molecule is CCCn1c(C2CCN(Cc3ccccc3OC)C2)nc2cccnc21.